The van der Waals surface area contributed by atoms with Crippen LogP contribution < -0.4 is 24.3 Å². The first kappa shape index (κ1) is 26.5. The van der Waals surface area contributed by atoms with Gasteiger partial charge in [0.25, 0.3) is 11.1 Å². The predicted octanol–water partition coefficient (Wildman–Crippen LogP) is 5.72. The van der Waals surface area contributed by atoms with Crippen molar-refractivity contribution >= 4 is 52.2 Å². The summed E-state index contributed by atoms with van der Waals surface area (Å²) in [5.41, 5.74) is 1.94. The monoisotopic (exact) mass is 566 g/mol. The van der Waals surface area contributed by atoms with E-state index in [2.05, 4.69) is 5.32 Å². The topological polar surface area (TPSA) is 103 Å². The number of carbonyl (C=O) groups is 3. The fourth-order valence-electron chi connectivity index (χ4n) is 3.88. The number of ether oxygens (including phenoxy) is 4. The Hall–Kier alpha value is -4.15. The number of imide groups is 1. The Morgan fingerprint density at radius 2 is 1.87 bits per heavy atom. The summed E-state index contributed by atoms with van der Waals surface area (Å²) in [6.45, 7) is 2.20. The van der Waals surface area contributed by atoms with E-state index in [1.54, 1.807) is 48.5 Å². The molecule has 11 heteroatoms. The lowest BCUT2D eigenvalue weighted by atomic mass is 10.1. The van der Waals surface area contributed by atoms with Gasteiger partial charge in [-0.3, -0.25) is 19.3 Å². The van der Waals surface area contributed by atoms with E-state index < -0.39 is 23.6 Å². The fraction of sp³-hybridized carbons (Fsp3) is 0.179. The lowest BCUT2D eigenvalue weighted by molar-refractivity contribution is -0.127. The first-order chi connectivity index (χ1) is 18.9. The molecule has 0 bridgehead atoms. The Kier molecular flexibility index (Phi) is 7.94. The molecular formula is C28H23ClN2O7S. The summed E-state index contributed by atoms with van der Waals surface area (Å²) in [5.74, 6) is 1.02. The smallest absolute Gasteiger partial charge is 0.294 e. The van der Waals surface area contributed by atoms with Crippen LogP contribution in [0.3, 0.4) is 0 Å². The highest BCUT2D eigenvalue weighted by atomic mass is 35.5. The lowest BCUT2D eigenvalue weighted by Gasteiger charge is -2.13. The molecule has 2 aliphatic rings. The van der Waals surface area contributed by atoms with Crippen molar-refractivity contribution in [3.05, 3.63) is 81.7 Å². The maximum Gasteiger partial charge on any atom is 0.294 e. The minimum atomic E-state index is -0.553. The minimum absolute atomic E-state index is 0.111. The van der Waals surface area contributed by atoms with E-state index in [1.807, 2.05) is 25.1 Å². The molecule has 0 radical (unpaired) electrons. The summed E-state index contributed by atoms with van der Waals surface area (Å²) in [6.07, 6.45) is 1.58. The molecule has 3 aromatic carbocycles. The number of nitrogens with zero attached hydrogens (tertiary/aromatic N) is 1. The maximum atomic E-state index is 13.0. The summed E-state index contributed by atoms with van der Waals surface area (Å²) >= 11 is 6.99. The SMILES string of the molecule is CCOc1cc(/C=C2/SC(=O)N(CC(=O)Nc3ccc4c(c3)OCO4)C2=O)ccc1OCc1ccccc1Cl. The van der Waals surface area contributed by atoms with E-state index >= 15 is 0 Å². The van der Waals surface area contributed by atoms with Crippen LogP contribution in [0.5, 0.6) is 23.0 Å². The van der Waals surface area contributed by atoms with Crippen LogP contribution in [0.1, 0.15) is 18.1 Å². The zero-order chi connectivity index (χ0) is 27.4. The summed E-state index contributed by atoms with van der Waals surface area (Å²) in [7, 11) is 0. The van der Waals surface area contributed by atoms with Gasteiger partial charge in [0, 0.05) is 22.3 Å². The molecule has 1 saturated heterocycles. The molecule has 39 heavy (non-hydrogen) atoms. The van der Waals surface area contributed by atoms with Crippen molar-refractivity contribution in [2.75, 3.05) is 25.3 Å². The number of nitrogens with one attached hydrogen (secondary N) is 1. The normalized spacial score (nSPS) is 15.1. The molecule has 0 saturated carbocycles. The van der Waals surface area contributed by atoms with Crippen molar-refractivity contribution in [2.24, 2.45) is 0 Å². The Balaban J connectivity index is 1.25. The first-order valence-electron chi connectivity index (χ1n) is 12.0. The van der Waals surface area contributed by atoms with Gasteiger partial charge in [-0.05, 0) is 60.7 Å². The number of thioether (sulfide) groups is 1. The van der Waals surface area contributed by atoms with E-state index in [1.165, 1.54) is 0 Å². The number of anilines is 1. The quantitative estimate of drug-likeness (QED) is 0.328. The average molecular weight is 567 g/mol. The fourth-order valence-corrected chi connectivity index (χ4v) is 4.91. The number of halogens is 1. The Labute approximate surface area is 233 Å². The molecule has 9 nitrogen and oxygen atoms in total. The van der Waals surface area contributed by atoms with Crippen LogP contribution in [0.4, 0.5) is 10.5 Å². The van der Waals surface area contributed by atoms with Crippen molar-refractivity contribution in [3.8, 4) is 23.0 Å². The van der Waals surface area contributed by atoms with Crippen LogP contribution in [-0.4, -0.2) is 41.9 Å². The third-order valence-corrected chi connectivity index (χ3v) is 7.01. The summed E-state index contributed by atoms with van der Waals surface area (Å²) < 4.78 is 22.2. The minimum Gasteiger partial charge on any atom is -0.490 e. The highest BCUT2D eigenvalue weighted by Gasteiger charge is 2.36. The highest BCUT2D eigenvalue weighted by Crippen LogP contribution is 2.36. The standard InChI is InChI=1S/C28H23ClN2O7S/c1-2-35-23-11-17(7-9-21(23)36-15-18-5-3-4-6-20(18)29)12-25-27(33)31(28(34)39-25)14-26(32)30-19-8-10-22-24(13-19)38-16-37-22/h3-13H,2,14-16H2,1H3,(H,30,32)/b25-12+. The van der Waals surface area contributed by atoms with Gasteiger partial charge in [-0.1, -0.05) is 35.9 Å². The van der Waals surface area contributed by atoms with E-state index in [9.17, 15) is 14.4 Å². The largest absolute Gasteiger partial charge is 0.490 e. The van der Waals surface area contributed by atoms with Crippen molar-refractivity contribution in [1.29, 1.82) is 0 Å². The molecule has 2 aliphatic heterocycles. The van der Waals surface area contributed by atoms with E-state index in [0.717, 1.165) is 22.2 Å². The van der Waals surface area contributed by atoms with Gasteiger partial charge in [-0.25, -0.2) is 0 Å². The Bertz CT molecular complexity index is 1480. The number of carbonyl (C=O) groups excluding carboxylic acids is 3. The third-order valence-electron chi connectivity index (χ3n) is 5.74. The molecule has 0 unspecified atom stereocenters. The second-order valence-corrected chi connectivity index (χ2v) is 9.80. The van der Waals surface area contributed by atoms with E-state index in [0.29, 0.717) is 45.9 Å². The lowest BCUT2D eigenvalue weighted by Crippen LogP contribution is -2.36. The van der Waals surface area contributed by atoms with Crippen molar-refractivity contribution in [3.63, 3.8) is 0 Å². The number of fused-ring (bicyclic) bond motifs is 1. The van der Waals surface area contributed by atoms with Gasteiger partial charge >= 0.3 is 0 Å². The molecule has 1 N–H and O–H groups in total. The molecule has 2 heterocycles. The van der Waals surface area contributed by atoms with Gasteiger partial charge in [-0.15, -0.1) is 0 Å². The maximum absolute atomic E-state index is 13.0. The molecule has 3 aromatic rings. The van der Waals surface area contributed by atoms with Crippen molar-refractivity contribution in [1.82, 2.24) is 4.90 Å². The molecule has 3 amide bonds. The Morgan fingerprint density at radius 1 is 1.05 bits per heavy atom. The molecule has 0 atom stereocenters. The highest BCUT2D eigenvalue weighted by molar-refractivity contribution is 8.18. The van der Waals surface area contributed by atoms with Gasteiger partial charge < -0.3 is 24.3 Å². The van der Waals surface area contributed by atoms with Crippen LogP contribution >= 0.6 is 23.4 Å². The van der Waals surface area contributed by atoms with Crippen LogP contribution in [0.15, 0.2) is 65.6 Å². The number of rotatable bonds is 9. The first-order valence-corrected chi connectivity index (χ1v) is 13.2. The second-order valence-electron chi connectivity index (χ2n) is 8.40. The summed E-state index contributed by atoms with van der Waals surface area (Å²) in [6, 6.07) is 17.6. The van der Waals surface area contributed by atoms with E-state index in [-0.39, 0.29) is 18.3 Å². The van der Waals surface area contributed by atoms with Crippen molar-refractivity contribution in [2.45, 2.75) is 13.5 Å². The molecule has 0 aromatic heterocycles. The van der Waals surface area contributed by atoms with Gasteiger partial charge in [-0.2, -0.15) is 0 Å². The number of hydrogen-bond acceptors (Lipinski definition) is 8. The van der Waals surface area contributed by atoms with Crippen LogP contribution in [0.25, 0.3) is 6.08 Å². The Morgan fingerprint density at radius 3 is 2.69 bits per heavy atom. The van der Waals surface area contributed by atoms with Crippen LogP contribution in [-0.2, 0) is 16.2 Å². The van der Waals surface area contributed by atoms with Gasteiger partial charge in [0.05, 0.1) is 11.5 Å². The third kappa shape index (κ3) is 6.13. The molecule has 5 rings (SSSR count). The second kappa shape index (κ2) is 11.7. The average Bonchev–Trinajstić information content (AvgIpc) is 3.49. The van der Waals surface area contributed by atoms with Gasteiger partial charge in [0.2, 0.25) is 12.7 Å². The molecule has 200 valence electrons. The summed E-state index contributed by atoms with van der Waals surface area (Å²) in [5, 5.41) is 2.74. The van der Waals surface area contributed by atoms with Gasteiger partial charge in [0.1, 0.15) is 13.2 Å². The predicted molar refractivity (Wildman–Crippen MR) is 147 cm³/mol. The van der Waals surface area contributed by atoms with Crippen molar-refractivity contribution < 1.29 is 33.3 Å². The number of benzene rings is 3. The zero-order valence-electron chi connectivity index (χ0n) is 20.8. The number of hydrogen-bond donors (Lipinski definition) is 1. The molecule has 1 fully saturated rings. The summed E-state index contributed by atoms with van der Waals surface area (Å²) in [4.78, 5) is 39.2. The van der Waals surface area contributed by atoms with Crippen LogP contribution in [0, 0.1) is 0 Å². The molecule has 0 aliphatic carbocycles. The van der Waals surface area contributed by atoms with Gasteiger partial charge in [0.15, 0.2) is 23.0 Å². The number of amides is 3. The molecule has 0 spiro atoms. The zero-order valence-corrected chi connectivity index (χ0v) is 22.3. The molecular weight excluding hydrogens is 544 g/mol. The van der Waals surface area contributed by atoms with Crippen LogP contribution in [0.2, 0.25) is 5.02 Å². The van der Waals surface area contributed by atoms with E-state index in [4.69, 9.17) is 30.5 Å².